The molecule has 1 aromatic heterocycles. The summed E-state index contributed by atoms with van der Waals surface area (Å²) in [5.74, 6) is 0.475. The molecule has 0 aliphatic carbocycles. The number of carbonyl (C=O) groups excluding carboxylic acids is 1. The van der Waals surface area contributed by atoms with Gasteiger partial charge < -0.3 is 4.74 Å². The number of carbonyl (C=O) groups is 1. The van der Waals surface area contributed by atoms with Crippen molar-refractivity contribution in [3.63, 3.8) is 0 Å². The number of halogens is 1. The lowest BCUT2D eigenvalue weighted by Crippen LogP contribution is -1.94. The standard InChI is InChI=1S/C10H11ClO2S/c1-6(12)9-4-8(11)10(14-9)7-2-3-13-5-7/h4,7H,2-3,5H2,1H3. The Kier molecular flexibility index (Phi) is 2.91. The van der Waals surface area contributed by atoms with Gasteiger partial charge in [-0.15, -0.1) is 11.3 Å². The molecule has 76 valence electrons. The Morgan fingerprint density at radius 3 is 3.00 bits per heavy atom. The Morgan fingerprint density at radius 2 is 2.50 bits per heavy atom. The van der Waals surface area contributed by atoms with E-state index in [0.29, 0.717) is 5.92 Å². The van der Waals surface area contributed by atoms with Crippen molar-refractivity contribution in [1.82, 2.24) is 0 Å². The molecule has 2 rings (SSSR count). The van der Waals surface area contributed by atoms with E-state index in [2.05, 4.69) is 0 Å². The molecule has 14 heavy (non-hydrogen) atoms. The number of hydrogen-bond acceptors (Lipinski definition) is 3. The maximum absolute atomic E-state index is 11.1. The largest absolute Gasteiger partial charge is 0.381 e. The van der Waals surface area contributed by atoms with Gasteiger partial charge in [0.1, 0.15) is 0 Å². The van der Waals surface area contributed by atoms with Crippen LogP contribution in [0.1, 0.15) is 33.8 Å². The van der Waals surface area contributed by atoms with Crippen LogP contribution >= 0.6 is 22.9 Å². The van der Waals surface area contributed by atoms with Crippen LogP contribution in [0, 0.1) is 0 Å². The maximum Gasteiger partial charge on any atom is 0.169 e. The van der Waals surface area contributed by atoms with Crippen molar-refractivity contribution in [2.24, 2.45) is 0 Å². The van der Waals surface area contributed by atoms with Crippen molar-refractivity contribution in [1.29, 1.82) is 0 Å². The van der Waals surface area contributed by atoms with Crippen LogP contribution in [-0.2, 0) is 4.74 Å². The highest BCUT2D eigenvalue weighted by Crippen LogP contribution is 2.37. The van der Waals surface area contributed by atoms with Crippen LogP contribution in [-0.4, -0.2) is 19.0 Å². The van der Waals surface area contributed by atoms with Crippen LogP contribution in [0.15, 0.2) is 6.07 Å². The van der Waals surface area contributed by atoms with E-state index in [1.54, 1.807) is 13.0 Å². The molecule has 1 aromatic rings. The lowest BCUT2D eigenvalue weighted by atomic mass is 10.1. The highest BCUT2D eigenvalue weighted by Gasteiger charge is 2.23. The first-order valence-electron chi connectivity index (χ1n) is 4.56. The smallest absolute Gasteiger partial charge is 0.169 e. The molecular weight excluding hydrogens is 220 g/mol. The molecule has 0 bridgehead atoms. The summed E-state index contributed by atoms with van der Waals surface area (Å²) in [6.07, 6.45) is 1.01. The molecule has 1 aliphatic rings. The van der Waals surface area contributed by atoms with Gasteiger partial charge in [-0.3, -0.25) is 4.79 Å². The van der Waals surface area contributed by atoms with Gasteiger partial charge in [0, 0.05) is 17.4 Å². The van der Waals surface area contributed by atoms with E-state index in [1.807, 2.05) is 0 Å². The molecular formula is C10H11ClO2S. The minimum absolute atomic E-state index is 0.0852. The van der Waals surface area contributed by atoms with Gasteiger partial charge in [0.2, 0.25) is 0 Å². The zero-order valence-electron chi connectivity index (χ0n) is 7.88. The summed E-state index contributed by atoms with van der Waals surface area (Å²) >= 11 is 7.58. The molecule has 0 amide bonds. The van der Waals surface area contributed by atoms with Gasteiger partial charge in [0.05, 0.1) is 16.5 Å². The van der Waals surface area contributed by atoms with Crippen molar-refractivity contribution in [2.75, 3.05) is 13.2 Å². The number of thiophene rings is 1. The zero-order valence-corrected chi connectivity index (χ0v) is 9.45. The first-order chi connectivity index (χ1) is 6.68. The molecule has 1 aliphatic heterocycles. The maximum atomic E-state index is 11.1. The molecule has 1 fully saturated rings. The molecule has 0 spiro atoms. The van der Waals surface area contributed by atoms with Gasteiger partial charge >= 0.3 is 0 Å². The molecule has 1 atom stereocenters. The average Bonchev–Trinajstić information content (AvgIpc) is 2.71. The van der Waals surface area contributed by atoms with Crippen molar-refractivity contribution < 1.29 is 9.53 Å². The number of ether oxygens (including phenoxy) is 1. The van der Waals surface area contributed by atoms with Gasteiger partial charge in [-0.25, -0.2) is 0 Å². The van der Waals surface area contributed by atoms with Crippen molar-refractivity contribution in [3.8, 4) is 0 Å². The predicted octanol–water partition coefficient (Wildman–Crippen LogP) is 3.11. The number of rotatable bonds is 2. The van der Waals surface area contributed by atoms with E-state index in [4.69, 9.17) is 16.3 Å². The average molecular weight is 231 g/mol. The van der Waals surface area contributed by atoms with Gasteiger partial charge in [-0.05, 0) is 19.4 Å². The molecule has 0 radical (unpaired) electrons. The summed E-state index contributed by atoms with van der Waals surface area (Å²) in [4.78, 5) is 13.0. The predicted molar refractivity (Wildman–Crippen MR) is 57.5 cm³/mol. The second-order valence-electron chi connectivity index (χ2n) is 3.44. The van der Waals surface area contributed by atoms with Gasteiger partial charge in [0.25, 0.3) is 0 Å². The summed E-state index contributed by atoms with van der Waals surface area (Å²) in [6, 6.07) is 1.77. The highest BCUT2D eigenvalue weighted by molar-refractivity contribution is 7.14. The Bertz CT molecular complexity index is 353. The molecule has 0 aromatic carbocycles. The SMILES string of the molecule is CC(=O)c1cc(Cl)c(C2CCOC2)s1. The monoisotopic (exact) mass is 230 g/mol. The lowest BCUT2D eigenvalue weighted by Gasteiger charge is -2.03. The normalized spacial score (nSPS) is 21.4. The second-order valence-corrected chi connectivity index (χ2v) is 4.93. The fourth-order valence-corrected chi connectivity index (χ4v) is 3.09. The van der Waals surface area contributed by atoms with Gasteiger partial charge in [-0.1, -0.05) is 11.6 Å². The minimum atomic E-state index is 0.0852. The third-order valence-electron chi connectivity index (χ3n) is 2.36. The molecule has 4 heteroatoms. The third kappa shape index (κ3) is 1.85. The molecule has 0 N–H and O–H groups in total. The van der Waals surface area contributed by atoms with E-state index in [-0.39, 0.29) is 5.78 Å². The van der Waals surface area contributed by atoms with E-state index in [0.717, 1.165) is 34.4 Å². The second kappa shape index (κ2) is 4.01. The van der Waals surface area contributed by atoms with E-state index < -0.39 is 0 Å². The molecule has 1 saturated heterocycles. The molecule has 2 nitrogen and oxygen atoms in total. The number of Topliss-reactive ketones (excluding diaryl/α,β-unsaturated/α-hetero) is 1. The van der Waals surface area contributed by atoms with Crippen LogP contribution in [0.25, 0.3) is 0 Å². The van der Waals surface area contributed by atoms with Gasteiger partial charge in [0.15, 0.2) is 5.78 Å². The van der Waals surface area contributed by atoms with Crippen molar-refractivity contribution in [2.45, 2.75) is 19.3 Å². The van der Waals surface area contributed by atoms with Crippen LogP contribution in [0.5, 0.6) is 0 Å². The summed E-state index contributed by atoms with van der Waals surface area (Å²) in [5.41, 5.74) is 0. The van der Waals surface area contributed by atoms with E-state index in [9.17, 15) is 4.79 Å². The number of hydrogen-bond donors (Lipinski definition) is 0. The van der Waals surface area contributed by atoms with Gasteiger partial charge in [-0.2, -0.15) is 0 Å². The Morgan fingerprint density at radius 1 is 1.71 bits per heavy atom. The fourth-order valence-electron chi connectivity index (χ4n) is 1.58. The summed E-state index contributed by atoms with van der Waals surface area (Å²) in [7, 11) is 0. The third-order valence-corrected chi connectivity index (χ3v) is 4.18. The molecule has 1 unspecified atom stereocenters. The van der Waals surface area contributed by atoms with Crippen LogP contribution in [0.2, 0.25) is 5.02 Å². The van der Waals surface area contributed by atoms with Crippen molar-refractivity contribution >= 4 is 28.7 Å². The molecule has 0 saturated carbocycles. The molecule has 2 heterocycles. The van der Waals surface area contributed by atoms with E-state index in [1.165, 1.54) is 11.3 Å². The van der Waals surface area contributed by atoms with E-state index >= 15 is 0 Å². The van der Waals surface area contributed by atoms with Crippen molar-refractivity contribution in [3.05, 3.63) is 20.8 Å². The summed E-state index contributed by atoms with van der Waals surface area (Å²) in [6.45, 7) is 3.10. The summed E-state index contributed by atoms with van der Waals surface area (Å²) in [5, 5.41) is 0.718. The quantitative estimate of drug-likeness (QED) is 0.730. The van der Waals surface area contributed by atoms with Crippen LogP contribution in [0.4, 0.5) is 0 Å². The first-order valence-corrected chi connectivity index (χ1v) is 5.76. The zero-order chi connectivity index (χ0) is 10.1. The first kappa shape index (κ1) is 10.1. The Balaban J connectivity index is 2.28. The number of ketones is 1. The van der Waals surface area contributed by atoms with Crippen LogP contribution in [0.3, 0.4) is 0 Å². The van der Waals surface area contributed by atoms with Crippen LogP contribution < -0.4 is 0 Å². The topological polar surface area (TPSA) is 26.3 Å². The Hall–Kier alpha value is -0.380. The summed E-state index contributed by atoms with van der Waals surface area (Å²) < 4.78 is 5.30. The lowest BCUT2D eigenvalue weighted by molar-refractivity contribution is 0.102. The Labute approximate surface area is 91.8 Å². The highest BCUT2D eigenvalue weighted by atomic mass is 35.5. The minimum Gasteiger partial charge on any atom is -0.381 e. The fraction of sp³-hybridized carbons (Fsp3) is 0.500.